The maximum absolute atomic E-state index is 5.77. The second-order valence-electron chi connectivity index (χ2n) is 5.66. The SMILES string of the molecule is CCOc1ccccc1CN1CCCC[C@@H]1c1ccncn1. The Morgan fingerprint density at radius 3 is 2.95 bits per heavy atom. The standard InChI is InChI=1S/C18H23N3O/c1-2-22-18-9-4-3-7-15(18)13-21-12-6-5-8-17(21)16-10-11-19-14-20-16/h3-4,7,9-11,14,17H,2,5-6,8,12-13H2,1H3/t17-/m1/s1. The van der Waals surface area contributed by atoms with Crippen LogP contribution in [0.1, 0.15) is 43.5 Å². The van der Waals surface area contributed by atoms with E-state index in [-0.39, 0.29) is 0 Å². The molecular weight excluding hydrogens is 274 g/mol. The zero-order valence-corrected chi connectivity index (χ0v) is 13.1. The minimum Gasteiger partial charge on any atom is -0.494 e. The highest BCUT2D eigenvalue weighted by molar-refractivity contribution is 5.33. The van der Waals surface area contributed by atoms with E-state index >= 15 is 0 Å². The minimum atomic E-state index is 0.381. The van der Waals surface area contributed by atoms with E-state index in [0.29, 0.717) is 12.6 Å². The van der Waals surface area contributed by atoms with Crippen LogP contribution in [0.2, 0.25) is 0 Å². The number of benzene rings is 1. The Bertz CT molecular complexity index is 588. The van der Waals surface area contributed by atoms with Crippen molar-refractivity contribution in [1.82, 2.24) is 14.9 Å². The fourth-order valence-corrected chi connectivity index (χ4v) is 3.16. The second kappa shape index (κ2) is 7.36. The topological polar surface area (TPSA) is 38.2 Å². The van der Waals surface area contributed by atoms with Crippen LogP contribution in [-0.2, 0) is 6.54 Å². The van der Waals surface area contributed by atoms with E-state index in [1.165, 1.54) is 18.4 Å². The van der Waals surface area contributed by atoms with Gasteiger partial charge in [-0.15, -0.1) is 0 Å². The van der Waals surface area contributed by atoms with Crippen LogP contribution in [0.5, 0.6) is 5.75 Å². The third-order valence-electron chi connectivity index (χ3n) is 4.21. The summed E-state index contributed by atoms with van der Waals surface area (Å²) < 4.78 is 5.77. The van der Waals surface area contributed by atoms with Gasteiger partial charge in [-0.2, -0.15) is 0 Å². The Hall–Kier alpha value is -1.94. The lowest BCUT2D eigenvalue weighted by Gasteiger charge is -2.35. The van der Waals surface area contributed by atoms with Crippen molar-refractivity contribution in [3.63, 3.8) is 0 Å². The van der Waals surface area contributed by atoms with Crippen molar-refractivity contribution in [3.05, 3.63) is 54.1 Å². The van der Waals surface area contributed by atoms with Crippen LogP contribution in [0.25, 0.3) is 0 Å². The second-order valence-corrected chi connectivity index (χ2v) is 5.66. The summed E-state index contributed by atoms with van der Waals surface area (Å²) >= 11 is 0. The summed E-state index contributed by atoms with van der Waals surface area (Å²) in [5, 5.41) is 0. The first-order valence-electron chi connectivity index (χ1n) is 8.09. The van der Waals surface area contributed by atoms with Crippen LogP contribution < -0.4 is 4.74 Å². The largest absolute Gasteiger partial charge is 0.494 e. The molecule has 1 saturated heterocycles. The average Bonchev–Trinajstić information content (AvgIpc) is 2.58. The zero-order chi connectivity index (χ0) is 15.2. The van der Waals surface area contributed by atoms with Gasteiger partial charge in [-0.05, 0) is 38.4 Å². The molecule has 0 aliphatic carbocycles. The van der Waals surface area contributed by atoms with Gasteiger partial charge >= 0.3 is 0 Å². The van der Waals surface area contributed by atoms with Gasteiger partial charge in [0.1, 0.15) is 12.1 Å². The first-order valence-corrected chi connectivity index (χ1v) is 8.09. The minimum absolute atomic E-state index is 0.381. The highest BCUT2D eigenvalue weighted by Crippen LogP contribution is 2.32. The maximum atomic E-state index is 5.77. The van der Waals surface area contributed by atoms with Crippen LogP contribution in [0.15, 0.2) is 42.9 Å². The summed E-state index contributed by atoms with van der Waals surface area (Å²) in [7, 11) is 0. The van der Waals surface area contributed by atoms with E-state index in [9.17, 15) is 0 Å². The Morgan fingerprint density at radius 2 is 2.14 bits per heavy atom. The van der Waals surface area contributed by atoms with Gasteiger partial charge < -0.3 is 4.74 Å². The summed E-state index contributed by atoms with van der Waals surface area (Å²) in [4.78, 5) is 11.0. The van der Waals surface area contributed by atoms with Gasteiger partial charge in [-0.25, -0.2) is 9.97 Å². The van der Waals surface area contributed by atoms with Crippen LogP contribution in [0.3, 0.4) is 0 Å². The predicted octanol–water partition coefficient (Wildman–Crippen LogP) is 3.60. The molecule has 1 aromatic heterocycles. The number of ether oxygens (including phenoxy) is 1. The van der Waals surface area contributed by atoms with E-state index in [0.717, 1.165) is 31.0 Å². The molecule has 1 fully saturated rings. The van der Waals surface area contributed by atoms with Gasteiger partial charge in [0.15, 0.2) is 0 Å². The van der Waals surface area contributed by atoms with Gasteiger partial charge in [0.05, 0.1) is 18.3 Å². The normalized spacial score (nSPS) is 19.0. The number of hydrogen-bond acceptors (Lipinski definition) is 4. The smallest absolute Gasteiger partial charge is 0.123 e. The molecule has 1 aliphatic rings. The number of aromatic nitrogens is 2. The highest BCUT2D eigenvalue weighted by atomic mass is 16.5. The molecule has 0 unspecified atom stereocenters. The summed E-state index contributed by atoms with van der Waals surface area (Å²) in [6.45, 7) is 4.74. The summed E-state index contributed by atoms with van der Waals surface area (Å²) in [5.41, 5.74) is 2.38. The van der Waals surface area contributed by atoms with Crippen molar-refractivity contribution < 1.29 is 4.74 Å². The summed E-state index contributed by atoms with van der Waals surface area (Å²) in [6, 6.07) is 10.8. The van der Waals surface area contributed by atoms with Gasteiger partial charge in [-0.3, -0.25) is 4.90 Å². The van der Waals surface area contributed by atoms with Gasteiger partial charge in [0, 0.05) is 18.3 Å². The van der Waals surface area contributed by atoms with Crippen LogP contribution >= 0.6 is 0 Å². The van der Waals surface area contributed by atoms with Crippen molar-refractivity contribution in [2.24, 2.45) is 0 Å². The lowest BCUT2D eigenvalue weighted by molar-refractivity contribution is 0.135. The number of nitrogens with zero attached hydrogens (tertiary/aromatic N) is 3. The Labute approximate surface area is 132 Å². The Kier molecular flexibility index (Phi) is 5.01. The fourth-order valence-electron chi connectivity index (χ4n) is 3.16. The van der Waals surface area contributed by atoms with Crippen LogP contribution in [-0.4, -0.2) is 28.0 Å². The molecule has 3 rings (SSSR count). The molecule has 22 heavy (non-hydrogen) atoms. The Balaban J connectivity index is 1.80. The van der Waals surface area contributed by atoms with Crippen LogP contribution in [0.4, 0.5) is 0 Å². The van der Waals surface area contributed by atoms with Gasteiger partial charge in [0.25, 0.3) is 0 Å². The van der Waals surface area contributed by atoms with E-state index in [4.69, 9.17) is 4.74 Å². The molecule has 1 atom stereocenters. The van der Waals surface area contributed by atoms with Crippen LogP contribution in [0, 0.1) is 0 Å². The predicted molar refractivity (Wildman–Crippen MR) is 86.6 cm³/mol. The number of rotatable bonds is 5. The molecule has 0 amide bonds. The molecule has 0 spiro atoms. The van der Waals surface area contributed by atoms with Crippen molar-refractivity contribution in [2.45, 2.75) is 38.8 Å². The number of hydrogen-bond donors (Lipinski definition) is 0. The van der Waals surface area contributed by atoms with Gasteiger partial charge in [0.2, 0.25) is 0 Å². The Morgan fingerprint density at radius 1 is 1.23 bits per heavy atom. The quantitative estimate of drug-likeness (QED) is 0.845. The molecule has 2 heterocycles. The van der Waals surface area contributed by atoms with Gasteiger partial charge in [-0.1, -0.05) is 24.6 Å². The lowest BCUT2D eigenvalue weighted by Crippen LogP contribution is -2.33. The monoisotopic (exact) mass is 297 g/mol. The number of likely N-dealkylation sites (tertiary alicyclic amines) is 1. The van der Waals surface area contributed by atoms with E-state index < -0.39 is 0 Å². The fraction of sp³-hybridized carbons (Fsp3) is 0.444. The van der Waals surface area contributed by atoms with E-state index in [1.54, 1.807) is 6.33 Å². The molecule has 2 aromatic rings. The molecule has 4 nitrogen and oxygen atoms in total. The lowest BCUT2D eigenvalue weighted by atomic mass is 9.98. The maximum Gasteiger partial charge on any atom is 0.123 e. The number of piperidine rings is 1. The number of para-hydroxylation sites is 1. The molecule has 0 N–H and O–H groups in total. The summed E-state index contributed by atoms with van der Waals surface area (Å²) in [6.07, 6.45) is 7.16. The molecule has 4 heteroatoms. The molecule has 0 bridgehead atoms. The molecule has 1 aromatic carbocycles. The summed E-state index contributed by atoms with van der Waals surface area (Å²) in [5.74, 6) is 0.997. The highest BCUT2D eigenvalue weighted by Gasteiger charge is 2.25. The van der Waals surface area contributed by atoms with E-state index in [1.807, 2.05) is 25.3 Å². The molecule has 1 aliphatic heterocycles. The third kappa shape index (κ3) is 3.45. The third-order valence-corrected chi connectivity index (χ3v) is 4.21. The zero-order valence-electron chi connectivity index (χ0n) is 13.1. The molecular formula is C18H23N3O. The van der Waals surface area contributed by atoms with Crippen molar-refractivity contribution in [1.29, 1.82) is 0 Å². The average molecular weight is 297 g/mol. The molecule has 116 valence electrons. The first kappa shape index (κ1) is 15.0. The first-order chi connectivity index (χ1) is 10.9. The van der Waals surface area contributed by atoms with Crippen molar-refractivity contribution >= 4 is 0 Å². The van der Waals surface area contributed by atoms with Crippen molar-refractivity contribution in [3.8, 4) is 5.75 Å². The molecule has 0 radical (unpaired) electrons. The van der Waals surface area contributed by atoms with Crippen molar-refractivity contribution in [2.75, 3.05) is 13.2 Å². The van der Waals surface area contributed by atoms with E-state index in [2.05, 4.69) is 33.1 Å². The molecule has 0 saturated carbocycles.